The molecule has 0 spiro atoms. The highest BCUT2D eigenvalue weighted by Gasteiger charge is 1.93. The number of rotatable bonds is 3. The van der Waals surface area contributed by atoms with Gasteiger partial charge in [0.2, 0.25) is 0 Å². The molecule has 0 heterocycles. The highest BCUT2D eigenvalue weighted by molar-refractivity contribution is 4.44. The van der Waals surface area contributed by atoms with Gasteiger partial charge in [0, 0.05) is 7.11 Å². The van der Waals surface area contributed by atoms with Gasteiger partial charge in [-0.3, -0.25) is 0 Å². The lowest BCUT2D eigenvalue weighted by molar-refractivity contribution is 0.103. The Kier molecular flexibility index (Phi) is 3.98. The van der Waals surface area contributed by atoms with Crippen LogP contribution in [0.2, 0.25) is 0 Å². The lowest BCUT2D eigenvalue weighted by Gasteiger charge is -2.04. The number of ether oxygens (including phenoxy) is 1. The van der Waals surface area contributed by atoms with Crippen LogP contribution in [0.1, 0.15) is 6.42 Å². The van der Waals surface area contributed by atoms with Gasteiger partial charge in [-0.25, -0.2) is 0 Å². The zero-order valence-corrected chi connectivity index (χ0v) is 4.55. The monoisotopic (exact) mass is 104 g/mol. The summed E-state index contributed by atoms with van der Waals surface area (Å²) >= 11 is 0. The molecule has 0 rings (SSSR count). The highest BCUT2D eigenvalue weighted by Crippen LogP contribution is 1.81. The molecule has 0 bridgehead atoms. The Labute approximate surface area is 43.6 Å². The molecular weight excluding hydrogens is 92.1 g/mol. The quantitative estimate of drug-likeness (QED) is 0.464. The van der Waals surface area contributed by atoms with Crippen LogP contribution in [0.5, 0.6) is 0 Å². The summed E-state index contributed by atoms with van der Waals surface area (Å²) in [7, 11) is 1.57. The van der Waals surface area contributed by atoms with Gasteiger partial charge in [0.1, 0.15) is 6.23 Å². The molecule has 0 aromatic rings. The van der Waals surface area contributed by atoms with E-state index in [1.807, 2.05) is 0 Å². The van der Waals surface area contributed by atoms with Crippen LogP contribution in [-0.2, 0) is 4.74 Å². The van der Waals surface area contributed by atoms with Crippen molar-refractivity contribution in [3.63, 3.8) is 0 Å². The van der Waals surface area contributed by atoms with E-state index in [0.29, 0.717) is 6.54 Å². The van der Waals surface area contributed by atoms with Crippen molar-refractivity contribution < 1.29 is 4.74 Å². The highest BCUT2D eigenvalue weighted by atomic mass is 16.5. The Hall–Kier alpha value is -0.120. The normalized spacial score (nSPS) is 14.1. The van der Waals surface area contributed by atoms with Crippen molar-refractivity contribution in [3.8, 4) is 0 Å². The van der Waals surface area contributed by atoms with Gasteiger partial charge in [-0.1, -0.05) is 0 Å². The molecule has 7 heavy (non-hydrogen) atoms. The second-order valence-electron chi connectivity index (χ2n) is 1.35. The fraction of sp³-hybridized carbons (Fsp3) is 1.00. The van der Waals surface area contributed by atoms with Crippen LogP contribution >= 0.6 is 0 Å². The Morgan fingerprint density at radius 1 is 1.71 bits per heavy atom. The van der Waals surface area contributed by atoms with Crippen LogP contribution in [0.15, 0.2) is 0 Å². The van der Waals surface area contributed by atoms with Gasteiger partial charge in [-0.05, 0) is 13.0 Å². The largest absolute Gasteiger partial charge is 0.367 e. The maximum absolute atomic E-state index is 5.28. The number of methoxy groups -OCH3 is 1. The number of hydrogen-bond donors (Lipinski definition) is 2. The summed E-state index contributed by atoms with van der Waals surface area (Å²) in [6.45, 7) is 0.592. The van der Waals surface area contributed by atoms with Crippen molar-refractivity contribution >= 4 is 0 Å². The van der Waals surface area contributed by atoms with Crippen molar-refractivity contribution in [2.75, 3.05) is 13.7 Å². The van der Waals surface area contributed by atoms with E-state index in [9.17, 15) is 0 Å². The maximum atomic E-state index is 5.28. The summed E-state index contributed by atoms with van der Waals surface area (Å²) < 4.78 is 4.69. The van der Waals surface area contributed by atoms with Crippen LogP contribution in [0.3, 0.4) is 0 Å². The molecule has 0 fully saturated rings. The Balaban J connectivity index is 2.83. The molecule has 1 atom stereocenters. The molecule has 0 aliphatic heterocycles. The van der Waals surface area contributed by atoms with Crippen molar-refractivity contribution in [2.45, 2.75) is 12.6 Å². The molecule has 4 N–H and O–H groups in total. The first-order chi connectivity index (χ1) is 3.31. The van der Waals surface area contributed by atoms with E-state index in [-0.39, 0.29) is 6.23 Å². The van der Waals surface area contributed by atoms with Gasteiger partial charge >= 0.3 is 0 Å². The summed E-state index contributed by atoms with van der Waals surface area (Å²) in [6, 6.07) is 0. The van der Waals surface area contributed by atoms with Crippen LogP contribution in [0, 0.1) is 0 Å². The van der Waals surface area contributed by atoms with E-state index < -0.39 is 0 Å². The SMILES string of the molecule is COC(N)CCN. The molecule has 0 aromatic heterocycles. The molecule has 3 heteroatoms. The van der Waals surface area contributed by atoms with E-state index in [4.69, 9.17) is 11.5 Å². The van der Waals surface area contributed by atoms with E-state index in [1.165, 1.54) is 0 Å². The third-order valence-electron chi connectivity index (χ3n) is 0.754. The summed E-state index contributed by atoms with van der Waals surface area (Å²) in [5, 5.41) is 0. The topological polar surface area (TPSA) is 61.3 Å². The molecule has 0 amide bonds. The molecule has 0 saturated heterocycles. The molecule has 0 aliphatic rings. The lowest BCUT2D eigenvalue weighted by Crippen LogP contribution is -2.25. The van der Waals surface area contributed by atoms with Gasteiger partial charge in [0.05, 0.1) is 0 Å². The van der Waals surface area contributed by atoms with Crippen LogP contribution < -0.4 is 11.5 Å². The van der Waals surface area contributed by atoms with Gasteiger partial charge in [0.15, 0.2) is 0 Å². The van der Waals surface area contributed by atoms with Gasteiger partial charge in [-0.2, -0.15) is 0 Å². The van der Waals surface area contributed by atoms with Gasteiger partial charge in [0.25, 0.3) is 0 Å². The minimum Gasteiger partial charge on any atom is -0.367 e. The third-order valence-corrected chi connectivity index (χ3v) is 0.754. The lowest BCUT2D eigenvalue weighted by atomic mass is 10.4. The minimum absolute atomic E-state index is 0.176. The average molecular weight is 104 g/mol. The Bertz CT molecular complexity index is 40.7. The molecule has 0 radical (unpaired) electrons. The van der Waals surface area contributed by atoms with Gasteiger partial charge < -0.3 is 16.2 Å². The van der Waals surface area contributed by atoms with E-state index >= 15 is 0 Å². The first-order valence-corrected chi connectivity index (χ1v) is 2.29. The zero-order chi connectivity index (χ0) is 5.70. The second-order valence-corrected chi connectivity index (χ2v) is 1.35. The van der Waals surface area contributed by atoms with Crippen LogP contribution in [0.4, 0.5) is 0 Å². The molecular formula is C4H12N2O. The fourth-order valence-electron chi connectivity index (χ4n) is 0.282. The van der Waals surface area contributed by atoms with Crippen LogP contribution in [-0.4, -0.2) is 19.9 Å². The van der Waals surface area contributed by atoms with E-state index in [0.717, 1.165) is 6.42 Å². The molecule has 0 saturated carbocycles. The molecule has 0 aliphatic carbocycles. The molecule has 44 valence electrons. The maximum Gasteiger partial charge on any atom is 0.106 e. The third kappa shape index (κ3) is 3.72. The van der Waals surface area contributed by atoms with E-state index in [2.05, 4.69) is 4.74 Å². The predicted octanol–water partition coefficient (Wildman–Crippen LogP) is -0.734. The summed E-state index contributed by atoms with van der Waals surface area (Å²) in [4.78, 5) is 0. The average Bonchev–Trinajstić information content (AvgIpc) is 1.68. The molecule has 1 unspecified atom stereocenters. The summed E-state index contributed by atoms with van der Waals surface area (Å²) in [6.07, 6.45) is 0.557. The second kappa shape index (κ2) is 4.05. The van der Waals surface area contributed by atoms with Crippen molar-refractivity contribution in [3.05, 3.63) is 0 Å². The van der Waals surface area contributed by atoms with E-state index in [1.54, 1.807) is 7.11 Å². The number of hydrogen-bond acceptors (Lipinski definition) is 3. The fourth-order valence-corrected chi connectivity index (χ4v) is 0.282. The van der Waals surface area contributed by atoms with Crippen LogP contribution in [0.25, 0.3) is 0 Å². The Morgan fingerprint density at radius 3 is 2.43 bits per heavy atom. The predicted molar refractivity (Wildman–Crippen MR) is 28.7 cm³/mol. The summed E-state index contributed by atoms with van der Waals surface area (Å²) in [5.41, 5.74) is 10.4. The minimum atomic E-state index is -0.176. The van der Waals surface area contributed by atoms with Crippen molar-refractivity contribution in [1.82, 2.24) is 0 Å². The standard InChI is InChI=1S/C4H12N2O/c1-7-4(6)2-3-5/h4H,2-3,5-6H2,1H3. The zero-order valence-electron chi connectivity index (χ0n) is 4.55. The Morgan fingerprint density at radius 2 is 2.29 bits per heavy atom. The molecule has 3 nitrogen and oxygen atoms in total. The molecule has 0 aromatic carbocycles. The van der Waals surface area contributed by atoms with Gasteiger partial charge in [-0.15, -0.1) is 0 Å². The first kappa shape index (κ1) is 6.88. The van der Waals surface area contributed by atoms with Crippen molar-refractivity contribution in [2.24, 2.45) is 11.5 Å². The first-order valence-electron chi connectivity index (χ1n) is 2.29. The van der Waals surface area contributed by atoms with Crippen molar-refractivity contribution in [1.29, 1.82) is 0 Å². The smallest absolute Gasteiger partial charge is 0.106 e. The summed E-state index contributed by atoms with van der Waals surface area (Å²) in [5.74, 6) is 0. The number of nitrogens with two attached hydrogens (primary N) is 2.